The molecule has 2 rings (SSSR count). The first-order valence-corrected chi connectivity index (χ1v) is 8.66. The second-order valence-corrected chi connectivity index (χ2v) is 7.05. The first kappa shape index (κ1) is 16.1. The number of ether oxygens (including phenoxy) is 1. The lowest BCUT2D eigenvalue weighted by molar-refractivity contribution is 0.282. The van der Waals surface area contributed by atoms with Crippen LogP contribution >= 0.6 is 0 Å². The Morgan fingerprint density at radius 3 is 3.00 bits per heavy atom. The van der Waals surface area contributed by atoms with Crippen molar-refractivity contribution in [3.63, 3.8) is 0 Å². The molecule has 0 amide bonds. The molecule has 1 saturated heterocycles. The minimum absolute atomic E-state index is 0.398. The van der Waals surface area contributed by atoms with Crippen LogP contribution in [0.2, 0.25) is 0 Å². The van der Waals surface area contributed by atoms with Gasteiger partial charge in [-0.3, -0.25) is 4.72 Å². The SMILES string of the molecule is CC1CCCN(S(=O)(=O)Nc2cccc(OCCN)c2)C1. The Morgan fingerprint density at radius 1 is 1.48 bits per heavy atom. The third-order valence-electron chi connectivity index (χ3n) is 3.43. The van der Waals surface area contributed by atoms with Crippen LogP contribution in [0.25, 0.3) is 0 Å². The molecule has 0 bridgehead atoms. The lowest BCUT2D eigenvalue weighted by Crippen LogP contribution is -2.42. The molecule has 1 unspecified atom stereocenters. The average molecular weight is 313 g/mol. The molecule has 1 aromatic carbocycles. The van der Waals surface area contributed by atoms with E-state index in [4.69, 9.17) is 10.5 Å². The van der Waals surface area contributed by atoms with Gasteiger partial charge in [0.1, 0.15) is 12.4 Å². The molecule has 1 heterocycles. The van der Waals surface area contributed by atoms with E-state index >= 15 is 0 Å². The molecule has 118 valence electrons. The zero-order valence-corrected chi connectivity index (χ0v) is 13.1. The number of nitrogens with zero attached hydrogens (tertiary/aromatic N) is 1. The van der Waals surface area contributed by atoms with Crippen LogP contribution in [-0.4, -0.2) is 39.0 Å². The van der Waals surface area contributed by atoms with Crippen LogP contribution in [0.1, 0.15) is 19.8 Å². The van der Waals surface area contributed by atoms with E-state index in [0.717, 1.165) is 12.8 Å². The van der Waals surface area contributed by atoms with Crippen molar-refractivity contribution in [2.45, 2.75) is 19.8 Å². The number of hydrogen-bond acceptors (Lipinski definition) is 4. The lowest BCUT2D eigenvalue weighted by atomic mass is 10.0. The molecule has 6 nitrogen and oxygen atoms in total. The summed E-state index contributed by atoms with van der Waals surface area (Å²) < 4.78 is 34.3. The van der Waals surface area contributed by atoms with E-state index in [2.05, 4.69) is 11.6 Å². The van der Waals surface area contributed by atoms with E-state index in [1.807, 2.05) is 0 Å². The minimum Gasteiger partial charge on any atom is -0.492 e. The second-order valence-electron chi connectivity index (χ2n) is 5.38. The van der Waals surface area contributed by atoms with E-state index < -0.39 is 10.2 Å². The first-order valence-electron chi connectivity index (χ1n) is 7.22. The third-order valence-corrected chi connectivity index (χ3v) is 4.93. The van der Waals surface area contributed by atoms with Gasteiger partial charge in [0, 0.05) is 25.7 Å². The van der Waals surface area contributed by atoms with E-state index in [0.29, 0.717) is 43.6 Å². The first-order chi connectivity index (χ1) is 10.0. The highest BCUT2D eigenvalue weighted by Gasteiger charge is 2.26. The topological polar surface area (TPSA) is 84.7 Å². The van der Waals surface area contributed by atoms with Crippen molar-refractivity contribution < 1.29 is 13.2 Å². The molecule has 21 heavy (non-hydrogen) atoms. The lowest BCUT2D eigenvalue weighted by Gasteiger charge is -2.30. The van der Waals surface area contributed by atoms with Gasteiger partial charge < -0.3 is 10.5 Å². The molecule has 7 heteroatoms. The zero-order valence-electron chi connectivity index (χ0n) is 12.3. The normalized spacial score (nSPS) is 20.2. The fourth-order valence-corrected chi connectivity index (χ4v) is 3.78. The highest BCUT2D eigenvalue weighted by atomic mass is 32.2. The molecule has 1 fully saturated rings. The predicted molar refractivity (Wildman–Crippen MR) is 83.5 cm³/mol. The molecule has 0 aromatic heterocycles. The number of hydrogen-bond donors (Lipinski definition) is 2. The summed E-state index contributed by atoms with van der Waals surface area (Å²) in [4.78, 5) is 0. The Balaban J connectivity index is 2.05. The van der Waals surface area contributed by atoms with Crippen LogP contribution in [0.4, 0.5) is 5.69 Å². The van der Waals surface area contributed by atoms with Gasteiger partial charge in [-0.25, -0.2) is 0 Å². The summed E-state index contributed by atoms with van der Waals surface area (Å²) in [6.07, 6.45) is 1.98. The van der Waals surface area contributed by atoms with Gasteiger partial charge in [-0.15, -0.1) is 0 Å². The van der Waals surface area contributed by atoms with Gasteiger partial charge in [0.05, 0.1) is 5.69 Å². The van der Waals surface area contributed by atoms with Crippen LogP contribution in [0, 0.1) is 5.92 Å². The van der Waals surface area contributed by atoms with Gasteiger partial charge in [-0.2, -0.15) is 12.7 Å². The predicted octanol–water partition coefficient (Wildman–Crippen LogP) is 1.41. The zero-order chi connectivity index (χ0) is 15.3. The van der Waals surface area contributed by atoms with Crippen LogP contribution in [0.3, 0.4) is 0 Å². The molecular formula is C14H23N3O3S. The van der Waals surface area contributed by atoms with Crippen LogP contribution in [0.15, 0.2) is 24.3 Å². The van der Waals surface area contributed by atoms with Crippen LogP contribution in [-0.2, 0) is 10.2 Å². The smallest absolute Gasteiger partial charge is 0.301 e. The van der Waals surface area contributed by atoms with Crippen molar-refractivity contribution >= 4 is 15.9 Å². The van der Waals surface area contributed by atoms with Gasteiger partial charge >= 0.3 is 10.2 Å². The number of nitrogens with one attached hydrogen (secondary N) is 1. The summed E-state index contributed by atoms with van der Waals surface area (Å²) in [5.74, 6) is 1.00. The Kier molecular flexibility index (Phi) is 5.44. The van der Waals surface area contributed by atoms with Crippen LogP contribution in [0.5, 0.6) is 5.75 Å². The van der Waals surface area contributed by atoms with Gasteiger partial charge in [-0.1, -0.05) is 13.0 Å². The van der Waals surface area contributed by atoms with Crippen molar-refractivity contribution in [2.75, 3.05) is 31.0 Å². The quantitative estimate of drug-likeness (QED) is 0.831. The molecule has 0 radical (unpaired) electrons. The summed E-state index contributed by atoms with van der Waals surface area (Å²) in [7, 11) is -3.50. The number of benzene rings is 1. The summed E-state index contributed by atoms with van der Waals surface area (Å²) in [6, 6.07) is 6.90. The monoisotopic (exact) mass is 313 g/mol. The Labute approximate surface area is 126 Å². The van der Waals surface area contributed by atoms with Gasteiger partial charge in [0.15, 0.2) is 0 Å². The molecule has 0 saturated carbocycles. The summed E-state index contributed by atoms with van der Waals surface area (Å²) in [5.41, 5.74) is 5.89. The van der Waals surface area contributed by atoms with Gasteiger partial charge in [-0.05, 0) is 30.9 Å². The van der Waals surface area contributed by atoms with Crippen molar-refractivity contribution in [1.29, 1.82) is 0 Å². The summed E-state index contributed by atoms with van der Waals surface area (Å²) in [6.45, 7) is 4.03. The largest absolute Gasteiger partial charge is 0.492 e. The fourth-order valence-electron chi connectivity index (χ4n) is 2.40. The molecule has 0 spiro atoms. The van der Waals surface area contributed by atoms with E-state index in [9.17, 15) is 8.42 Å². The third kappa shape index (κ3) is 4.59. The molecule has 1 aliphatic rings. The number of anilines is 1. The van der Waals surface area contributed by atoms with Gasteiger partial charge in [0.25, 0.3) is 0 Å². The van der Waals surface area contributed by atoms with Crippen LogP contribution < -0.4 is 15.2 Å². The van der Waals surface area contributed by atoms with E-state index in [1.54, 1.807) is 24.3 Å². The van der Waals surface area contributed by atoms with Crippen molar-refractivity contribution in [1.82, 2.24) is 4.31 Å². The minimum atomic E-state index is -3.50. The molecule has 1 aromatic rings. The number of nitrogens with two attached hydrogens (primary N) is 1. The second kappa shape index (κ2) is 7.11. The highest BCUT2D eigenvalue weighted by molar-refractivity contribution is 7.90. The van der Waals surface area contributed by atoms with Crippen molar-refractivity contribution in [2.24, 2.45) is 11.7 Å². The van der Waals surface area contributed by atoms with E-state index in [1.165, 1.54) is 4.31 Å². The average Bonchev–Trinajstić information content (AvgIpc) is 2.45. The van der Waals surface area contributed by atoms with Gasteiger partial charge in [0.2, 0.25) is 0 Å². The fraction of sp³-hybridized carbons (Fsp3) is 0.571. The molecule has 1 atom stereocenters. The van der Waals surface area contributed by atoms with Crippen molar-refractivity contribution in [3.05, 3.63) is 24.3 Å². The standard InChI is InChI=1S/C14H23N3O3S/c1-12-4-3-8-17(11-12)21(18,19)16-13-5-2-6-14(10-13)20-9-7-15/h2,5-6,10,12,16H,3-4,7-9,11,15H2,1H3. The maximum absolute atomic E-state index is 12.4. The molecular weight excluding hydrogens is 290 g/mol. The van der Waals surface area contributed by atoms with E-state index in [-0.39, 0.29) is 0 Å². The maximum Gasteiger partial charge on any atom is 0.301 e. The Morgan fingerprint density at radius 2 is 2.29 bits per heavy atom. The molecule has 1 aliphatic heterocycles. The molecule has 0 aliphatic carbocycles. The number of rotatable bonds is 6. The summed E-state index contributed by atoms with van der Waals surface area (Å²) in [5, 5.41) is 0. The number of piperidine rings is 1. The van der Waals surface area contributed by atoms with Crippen molar-refractivity contribution in [3.8, 4) is 5.75 Å². The highest BCUT2D eigenvalue weighted by Crippen LogP contribution is 2.22. The molecule has 3 N–H and O–H groups in total. The Hall–Kier alpha value is -1.31. The summed E-state index contributed by atoms with van der Waals surface area (Å²) >= 11 is 0. The maximum atomic E-state index is 12.4. The Bertz CT molecular complexity index is 562.